The normalized spacial score (nSPS) is 22.5. The molecule has 2 heterocycles. The fourth-order valence-corrected chi connectivity index (χ4v) is 2.51. The monoisotopic (exact) mass is 220 g/mol. The van der Waals surface area contributed by atoms with Gasteiger partial charge in [-0.2, -0.15) is 0 Å². The highest BCUT2D eigenvalue weighted by Crippen LogP contribution is 2.31. The van der Waals surface area contributed by atoms with Gasteiger partial charge in [-0.3, -0.25) is 0 Å². The molecule has 0 aromatic carbocycles. The Balaban J connectivity index is 1.61. The maximum atomic E-state index is 4.28. The first-order chi connectivity index (χ1) is 7.92. The molecular formula is C12H20N4. The smallest absolute Gasteiger partial charge is 0.133 e. The zero-order valence-corrected chi connectivity index (χ0v) is 9.73. The third kappa shape index (κ3) is 2.43. The van der Waals surface area contributed by atoms with Crippen molar-refractivity contribution >= 4 is 0 Å². The first kappa shape index (κ1) is 10.3. The largest absolute Gasteiger partial charge is 0.317 e. The van der Waals surface area contributed by atoms with E-state index < -0.39 is 0 Å². The van der Waals surface area contributed by atoms with Crippen LogP contribution in [0.4, 0.5) is 0 Å². The minimum Gasteiger partial charge on any atom is -0.317 e. The number of hydrogen-bond acceptors (Lipinski definition) is 3. The molecule has 1 aliphatic heterocycles. The standard InChI is InChI=1S/C12H20N4/c1-2-11(1)8-16-9-14-15-12(16)7-10-3-5-13-6-4-10/h9-11,13H,1-8H2. The summed E-state index contributed by atoms with van der Waals surface area (Å²) in [6.07, 6.45) is 8.39. The van der Waals surface area contributed by atoms with Crippen LogP contribution in [-0.2, 0) is 13.0 Å². The van der Waals surface area contributed by atoms with E-state index >= 15 is 0 Å². The zero-order valence-electron chi connectivity index (χ0n) is 9.73. The lowest BCUT2D eigenvalue weighted by molar-refractivity contribution is 0.361. The molecule has 1 saturated carbocycles. The molecule has 0 amide bonds. The van der Waals surface area contributed by atoms with Gasteiger partial charge in [0, 0.05) is 13.0 Å². The Morgan fingerprint density at radius 3 is 2.75 bits per heavy atom. The second kappa shape index (κ2) is 4.53. The van der Waals surface area contributed by atoms with Crippen LogP contribution in [0, 0.1) is 11.8 Å². The molecular weight excluding hydrogens is 200 g/mol. The van der Waals surface area contributed by atoms with Gasteiger partial charge < -0.3 is 9.88 Å². The topological polar surface area (TPSA) is 42.7 Å². The van der Waals surface area contributed by atoms with E-state index in [1.165, 1.54) is 44.6 Å². The van der Waals surface area contributed by atoms with Crippen LogP contribution >= 0.6 is 0 Å². The molecule has 16 heavy (non-hydrogen) atoms. The van der Waals surface area contributed by atoms with E-state index in [9.17, 15) is 0 Å². The average molecular weight is 220 g/mol. The average Bonchev–Trinajstić information content (AvgIpc) is 3.02. The predicted molar refractivity (Wildman–Crippen MR) is 62.0 cm³/mol. The molecule has 0 bridgehead atoms. The molecule has 1 saturated heterocycles. The molecule has 4 heteroatoms. The first-order valence-corrected chi connectivity index (χ1v) is 6.49. The lowest BCUT2D eigenvalue weighted by Gasteiger charge is -2.22. The van der Waals surface area contributed by atoms with Crippen molar-refractivity contribution in [3.05, 3.63) is 12.2 Å². The Kier molecular flexibility index (Phi) is 2.91. The molecule has 2 aliphatic rings. The van der Waals surface area contributed by atoms with Gasteiger partial charge in [0.25, 0.3) is 0 Å². The van der Waals surface area contributed by atoms with Gasteiger partial charge in [0.05, 0.1) is 0 Å². The predicted octanol–water partition coefficient (Wildman–Crippen LogP) is 1.23. The fourth-order valence-electron chi connectivity index (χ4n) is 2.51. The lowest BCUT2D eigenvalue weighted by atomic mass is 9.94. The fraction of sp³-hybridized carbons (Fsp3) is 0.833. The van der Waals surface area contributed by atoms with Crippen molar-refractivity contribution in [1.29, 1.82) is 0 Å². The number of rotatable bonds is 4. The van der Waals surface area contributed by atoms with Crippen molar-refractivity contribution in [3.63, 3.8) is 0 Å². The molecule has 0 unspecified atom stereocenters. The van der Waals surface area contributed by atoms with E-state index in [0.717, 1.165) is 24.8 Å². The summed E-state index contributed by atoms with van der Waals surface area (Å²) in [7, 11) is 0. The number of aromatic nitrogens is 3. The third-order valence-electron chi connectivity index (χ3n) is 3.78. The van der Waals surface area contributed by atoms with E-state index in [2.05, 4.69) is 20.1 Å². The van der Waals surface area contributed by atoms with Crippen molar-refractivity contribution in [2.75, 3.05) is 13.1 Å². The van der Waals surface area contributed by atoms with Crippen LogP contribution in [0.1, 0.15) is 31.5 Å². The van der Waals surface area contributed by atoms with E-state index in [-0.39, 0.29) is 0 Å². The highest BCUT2D eigenvalue weighted by atomic mass is 15.3. The Bertz CT molecular complexity index is 337. The second-order valence-electron chi connectivity index (χ2n) is 5.24. The maximum Gasteiger partial charge on any atom is 0.133 e. The van der Waals surface area contributed by atoms with Crippen LogP contribution in [0.3, 0.4) is 0 Å². The Hall–Kier alpha value is -0.900. The van der Waals surface area contributed by atoms with Gasteiger partial charge in [-0.25, -0.2) is 0 Å². The van der Waals surface area contributed by atoms with E-state index in [0.29, 0.717) is 0 Å². The summed E-state index contributed by atoms with van der Waals surface area (Å²) >= 11 is 0. The summed E-state index contributed by atoms with van der Waals surface area (Å²) < 4.78 is 2.28. The number of hydrogen-bond donors (Lipinski definition) is 1. The quantitative estimate of drug-likeness (QED) is 0.830. The summed E-state index contributed by atoms with van der Waals surface area (Å²) in [5.41, 5.74) is 0. The highest BCUT2D eigenvalue weighted by Gasteiger charge is 2.24. The Morgan fingerprint density at radius 1 is 1.19 bits per heavy atom. The van der Waals surface area contributed by atoms with Crippen LogP contribution in [0.25, 0.3) is 0 Å². The van der Waals surface area contributed by atoms with Crippen LogP contribution in [0.2, 0.25) is 0 Å². The van der Waals surface area contributed by atoms with Gasteiger partial charge in [0.2, 0.25) is 0 Å². The summed E-state index contributed by atoms with van der Waals surface area (Å²) in [6.45, 7) is 3.48. The van der Waals surface area contributed by atoms with E-state index in [4.69, 9.17) is 0 Å². The Labute approximate surface area is 96.4 Å². The van der Waals surface area contributed by atoms with E-state index in [1.54, 1.807) is 0 Å². The van der Waals surface area contributed by atoms with Crippen molar-refractivity contribution < 1.29 is 0 Å². The summed E-state index contributed by atoms with van der Waals surface area (Å²) in [6, 6.07) is 0. The molecule has 2 fully saturated rings. The van der Waals surface area contributed by atoms with Crippen LogP contribution in [-0.4, -0.2) is 27.9 Å². The lowest BCUT2D eigenvalue weighted by Crippen LogP contribution is -2.29. The molecule has 0 radical (unpaired) electrons. The van der Waals surface area contributed by atoms with Crippen LogP contribution in [0.15, 0.2) is 6.33 Å². The van der Waals surface area contributed by atoms with Gasteiger partial charge in [-0.05, 0) is 50.6 Å². The number of nitrogens with one attached hydrogen (secondary N) is 1. The van der Waals surface area contributed by atoms with Gasteiger partial charge in [0.1, 0.15) is 12.2 Å². The molecule has 4 nitrogen and oxygen atoms in total. The summed E-state index contributed by atoms with van der Waals surface area (Å²) in [5.74, 6) is 2.92. The summed E-state index contributed by atoms with van der Waals surface area (Å²) in [5, 5.41) is 11.8. The maximum absolute atomic E-state index is 4.28. The van der Waals surface area contributed by atoms with Gasteiger partial charge in [-0.15, -0.1) is 10.2 Å². The molecule has 1 aliphatic carbocycles. The zero-order chi connectivity index (χ0) is 10.8. The molecule has 0 atom stereocenters. The van der Waals surface area contributed by atoms with Crippen molar-refractivity contribution in [2.24, 2.45) is 11.8 Å². The van der Waals surface area contributed by atoms with Crippen molar-refractivity contribution in [2.45, 2.75) is 38.6 Å². The number of nitrogens with zero attached hydrogens (tertiary/aromatic N) is 3. The minimum atomic E-state index is 0.809. The molecule has 1 aromatic heterocycles. The van der Waals surface area contributed by atoms with Gasteiger partial charge in [0.15, 0.2) is 0 Å². The summed E-state index contributed by atoms with van der Waals surface area (Å²) in [4.78, 5) is 0. The van der Waals surface area contributed by atoms with Gasteiger partial charge in [-0.1, -0.05) is 0 Å². The SMILES string of the molecule is c1nnc(CC2CCNCC2)n1CC1CC1. The molecule has 1 N–H and O–H groups in total. The highest BCUT2D eigenvalue weighted by molar-refractivity contribution is 4.91. The second-order valence-corrected chi connectivity index (χ2v) is 5.24. The van der Waals surface area contributed by atoms with Crippen LogP contribution in [0.5, 0.6) is 0 Å². The minimum absolute atomic E-state index is 0.809. The molecule has 3 rings (SSSR count). The van der Waals surface area contributed by atoms with Crippen molar-refractivity contribution in [1.82, 2.24) is 20.1 Å². The van der Waals surface area contributed by atoms with Crippen LogP contribution < -0.4 is 5.32 Å². The van der Waals surface area contributed by atoms with Gasteiger partial charge >= 0.3 is 0 Å². The third-order valence-corrected chi connectivity index (χ3v) is 3.78. The van der Waals surface area contributed by atoms with E-state index in [1.807, 2.05) is 6.33 Å². The Morgan fingerprint density at radius 2 is 2.00 bits per heavy atom. The first-order valence-electron chi connectivity index (χ1n) is 6.49. The molecule has 88 valence electrons. The molecule has 0 spiro atoms. The molecule has 1 aromatic rings. The van der Waals surface area contributed by atoms with Crippen molar-refractivity contribution in [3.8, 4) is 0 Å². The number of piperidine rings is 1.